The molecular formula is C17H28ClNO3. The van der Waals surface area contributed by atoms with Gasteiger partial charge in [0.25, 0.3) is 0 Å². The van der Waals surface area contributed by atoms with Crippen molar-refractivity contribution in [1.82, 2.24) is 5.32 Å². The maximum atomic E-state index is 10.2. The molecule has 1 rings (SSSR count). The van der Waals surface area contributed by atoms with Crippen LogP contribution in [-0.2, 0) is 6.54 Å². The molecular weight excluding hydrogens is 302 g/mol. The molecule has 4 nitrogen and oxygen atoms in total. The molecule has 0 aromatic heterocycles. The van der Waals surface area contributed by atoms with E-state index >= 15 is 0 Å². The molecule has 0 heterocycles. The monoisotopic (exact) mass is 329 g/mol. The van der Waals surface area contributed by atoms with Crippen LogP contribution in [0.3, 0.4) is 0 Å². The lowest BCUT2D eigenvalue weighted by atomic mass is 9.80. The van der Waals surface area contributed by atoms with Crippen molar-refractivity contribution in [2.75, 3.05) is 20.8 Å². The molecule has 0 radical (unpaired) electrons. The summed E-state index contributed by atoms with van der Waals surface area (Å²) in [5.74, 6) is 1.39. The molecule has 1 aromatic carbocycles. The molecule has 0 spiro atoms. The fraction of sp³-hybridized carbons (Fsp3) is 0.647. The van der Waals surface area contributed by atoms with E-state index < -0.39 is 0 Å². The first-order valence-corrected chi connectivity index (χ1v) is 7.90. The number of benzene rings is 1. The number of hydrogen-bond donors (Lipinski definition) is 2. The third-order valence-electron chi connectivity index (χ3n) is 3.84. The molecule has 22 heavy (non-hydrogen) atoms. The fourth-order valence-corrected chi connectivity index (χ4v) is 2.92. The van der Waals surface area contributed by atoms with Gasteiger partial charge in [-0.15, -0.1) is 0 Å². The normalized spacial score (nSPS) is 13.3. The number of rotatable bonds is 8. The van der Waals surface area contributed by atoms with Gasteiger partial charge in [-0.25, -0.2) is 0 Å². The van der Waals surface area contributed by atoms with E-state index in [4.69, 9.17) is 21.1 Å². The van der Waals surface area contributed by atoms with Crippen molar-refractivity contribution in [3.8, 4) is 11.5 Å². The lowest BCUT2D eigenvalue weighted by molar-refractivity contribution is 0.0134. The van der Waals surface area contributed by atoms with E-state index in [1.165, 1.54) is 0 Å². The number of halogens is 1. The molecule has 2 N–H and O–H groups in total. The van der Waals surface area contributed by atoms with Gasteiger partial charge in [0, 0.05) is 18.5 Å². The summed E-state index contributed by atoms with van der Waals surface area (Å²) < 4.78 is 10.5. The first-order valence-electron chi connectivity index (χ1n) is 7.52. The molecule has 0 saturated carbocycles. The van der Waals surface area contributed by atoms with Gasteiger partial charge in [-0.3, -0.25) is 0 Å². The van der Waals surface area contributed by atoms with Gasteiger partial charge >= 0.3 is 0 Å². The van der Waals surface area contributed by atoms with Crippen LogP contribution in [0.4, 0.5) is 0 Å². The van der Waals surface area contributed by atoms with E-state index in [-0.39, 0.29) is 17.4 Å². The molecule has 1 atom stereocenters. The molecule has 0 fully saturated rings. The van der Waals surface area contributed by atoms with Crippen molar-refractivity contribution in [3.05, 3.63) is 22.7 Å². The van der Waals surface area contributed by atoms with Crippen molar-refractivity contribution < 1.29 is 14.6 Å². The zero-order valence-corrected chi connectivity index (χ0v) is 15.1. The molecule has 0 bridgehead atoms. The first-order chi connectivity index (χ1) is 10.2. The molecule has 5 heteroatoms. The molecule has 1 unspecified atom stereocenters. The van der Waals surface area contributed by atoms with Gasteiger partial charge in [0.15, 0.2) is 11.5 Å². The average molecular weight is 330 g/mol. The lowest BCUT2D eigenvalue weighted by Gasteiger charge is -2.33. The second kappa shape index (κ2) is 8.04. The Kier molecular flexibility index (Phi) is 6.98. The summed E-state index contributed by atoms with van der Waals surface area (Å²) in [6, 6.07) is 3.77. The molecule has 0 saturated heterocycles. The van der Waals surface area contributed by atoms with E-state index in [1.54, 1.807) is 14.2 Å². The largest absolute Gasteiger partial charge is 0.493 e. The van der Waals surface area contributed by atoms with Crippen LogP contribution in [0.25, 0.3) is 0 Å². The summed E-state index contributed by atoms with van der Waals surface area (Å²) in [4.78, 5) is 0. The Morgan fingerprint density at radius 2 is 1.86 bits per heavy atom. The van der Waals surface area contributed by atoms with Crippen LogP contribution in [0, 0.1) is 11.3 Å². The SMILES string of the molecule is COc1cc(CNCC(C)(C)C(O)C(C)C)cc(Cl)c1OC. The van der Waals surface area contributed by atoms with E-state index in [1.807, 2.05) is 26.0 Å². The number of nitrogens with one attached hydrogen (secondary N) is 1. The van der Waals surface area contributed by atoms with E-state index in [0.29, 0.717) is 29.6 Å². The van der Waals surface area contributed by atoms with Gasteiger partial charge < -0.3 is 19.9 Å². The predicted octanol–water partition coefficient (Wildman–Crippen LogP) is 3.49. The molecule has 0 aliphatic heterocycles. The van der Waals surface area contributed by atoms with Crippen LogP contribution in [-0.4, -0.2) is 32.0 Å². The van der Waals surface area contributed by atoms with Crippen LogP contribution in [0.5, 0.6) is 11.5 Å². The van der Waals surface area contributed by atoms with Gasteiger partial charge in [0.2, 0.25) is 0 Å². The van der Waals surface area contributed by atoms with Crippen LogP contribution < -0.4 is 14.8 Å². The highest BCUT2D eigenvalue weighted by Crippen LogP contribution is 2.36. The highest BCUT2D eigenvalue weighted by molar-refractivity contribution is 6.32. The summed E-state index contributed by atoms with van der Waals surface area (Å²) in [7, 11) is 3.16. The zero-order chi connectivity index (χ0) is 16.9. The van der Waals surface area contributed by atoms with Crippen molar-refractivity contribution in [2.24, 2.45) is 11.3 Å². The maximum Gasteiger partial charge on any atom is 0.179 e. The van der Waals surface area contributed by atoms with Gasteiger partial charge in [0.05, 0.1) is 25.3 Å². The quantitative estimate of drug-likeness (QED) is 0.766. The van der Waals surface area contributed by atoms with Crippen LogP contribution >= 0.6 is 11.6 Å². The van der Waals surface area contributed by atoms with Crippen molar-refractivity contribution in [2.45, 2.75) is 40.3 Å². The van der Waals surface area contributed by atoms with E-state index in [2.05, 4.69) is 19.2 Å². The molecule has 126 valence electrons. The predicted molar refractivity (Wildman–Crippen MR) is 90.9 cm³/mol. The van der Waals surface area contributed by atoms with Crippen molar-refractivity contribution in [3.63, 3.8) is 0 Å². The molecule has 0 aliphatic carbocycles. The highest BCUT2D eigenvalue weighted by Gasteiger charge is 2.29. The number of hydrogen-bond acceptors (Lipinski definition) is 4. The fourth-order valence-electron chi connectivity index (χ4n) is 2.61. The summed E-state index contributed by atoms with van der Waals surface area (Å²) in [6.07, 6.45) is -0.353. The van der Waals surface area contributed by atoms with Gasteiger partial charge in [-0.2, -0.15) is 0 Å². The Balaban J connectivity index is 2.71. The first kappa shape index (κ1) is 19.1. The Morgan fingerprint density at radius 3 is 2.36 bits per heavy atom. The second-order valence-corrected chi connectivity index (χ2v) is 7.00. The van der Waals surface area contributed by atoms with E-state index in [0.717, 1.165) is 5.56 Å². The van der Waals surface area contributed by atoms with Gasteiger partial charge in [-0.05, 0) is 23.6 Å². The summed E-state index contributed by atoms with van der Waals surface area (Å²) in [5, 5.41) is 14.2. The van der Waals surface area contributed by atoms with Crippen LogP contribution in [0.15, 0.2) is 12.1 Å². The average Bonchev–Trinajstić information content (AvgIpc) is 2.45. The van der Waals surface area contributed by atoms with Crippen LogP contribution in [0.2, 0.25) is 5.02 Å². The highest BCUT2D eigenvalue weighted by atomic mass is 35.5. The summed E-state index contributed by atoms with van der Waals surface area (Å²) in [5.41, 5.74) is 0.812. The van der Waals surface area contributed by atoms with Crippen molar-refractivity contribution in [1.29, 1.82) is 0 Å². The van der Waals surface area contributed by atoms with Crippen molar-refractivity contribution >= 4 is 11.6 Å². The summed E-state index contributed by atoms with van der Waals surface area (Å²) >= 11 is 6.20. The maximum absolute atomic E-state index is 10.2. The smallest absolute Gasteiger partial charge is 0.179 e. The Labute approximate surface area is 138 Å². The third-order valence-corrected chi connectivity index (χ3v) is 4.12. The Hall–Kier alpha value is -0.970. The Bertz CT molecular complexity index is 489. The van der Waals surface area contributed by atoms with Gasteiger partial charge in [-0.1, -0.05) is 39.3 Å². The molecule has 1 aromatic rings. The minimum Gasteiger partial charge on any atom is -0.493 e. The number of aliphatic hydroxyl groups is 1. The van der Waals surface area contributed by atoms with Crippen LogP contribution in [0.1, 0.15) is 33.3 Å². The zero-order valence-electron chi connectivity index (χ0n) is 14.4. The molecule has 0 amide bonds. The lowest BCUT2D eigenvalue weighted by Crippen LogP contribution is -2.41. The van der Waals surface area contributed by atoms with E-state index in [9.17, 15) is 5.11 Å². The minimum absolute atomic E-state index is 0.200. The minimum atomic E-state index is -0.353. The summed E-state index contributed by atoms with van der Waals surface area (Å²) in [6.45, 7) is 9.53. The standard InChI is InChI=1S/C17H28ClNO3/c1-11(2)16(20)17(3,4)10-19-9-12-7-13(18)15(22-6)14(8-12)21-5/h7-8,11,16,19-20H,9-10H2,1-6H3. The molecule has 0 aliphatic rings. The Morgan fingerprint density at radius 1 is 1.23 bits per heavy atom. The van der Waals surface area contributed by atoms with Gasteiger partial charge in [0.1, 0.15) is 0 Å². The third kappa shape index (κ3) is 4.77. The number of methoxy groups -OCH3 is 2. The number of aliphatic hydroxyl groups excluding tert-OH is 1. The number of ether oxygens (including phenoxy) is 2. The topological polar surface area (TPSA) is 50.7 Å². The second-order valence-electron chi connectivity index (χ2n) is 6.59.